The number of ether oxygens (including phenoxy) is 1. The predicted molar refractivity (Wildman–Crippen MR) is 54.3 cm³/mol. The summed E-state index contributed by atoms with van der Waals surface area (Å²) in [6.07, 6.45) is 3.33. The number of aromatic nitrogens is 2. The maximum Gasteiger partial charge on any atom is 0.243 e. The highest BCUT2D eigenvalue weighted by Gasteiger charge is 2.22. The van der Waals surface area contributed by atoms with E-state index in [0.717, 1.165) is 19.4 Å². The first-order valence-electron chi connectivity index (χ1n) is 5.43. The molecule has 1 N–H and O–H groups in total. The van der Waals surface area contributed by atoms with Crippen molar-refractivity contribution in [3.8, 4) is 0 Å². The Morgan fingerprint density at radius 1 is 1.47 bits per heavy atom. The van der Waals surface area contributed by atoms with E-state index >= 15 is 0 Å². The molecule has 0 spiro atoms. The molecule has 0 radical (unpaired) electrons. The molecule has 0 aliphatic carbocycles. The molecule has 1 aliphatic heterocycles. The lowest BCUT2D eigenvalue weighted by Gasteiger charge is -2.18. The third kappa shape index (κ3) is 2.35. The van der Waals surface area contributed by atoms with Gasteiger partial charge in [0.1, 0.15) is 6.10 Å². The van der Waals surface area contributed by atoms with Crippen LogP contribution in [0.2, 0.25) is 0 Å². The van der Waals surface area contributed by atoms with Crippen molar-refractivity contribution in [2.45, 2.75) is 38.3 Å². The molecule has 2 heterocycles. The van der Waals surface area contributed by atoms with E-state index < -0.39 is 0 Å². The summed E-state index contributed by atoms with van der Waals surface area (Å²) in [7, 11) is 1.87. The smallest absolute Gasteiger partial charge is 0.243 e. The van der Waals surface area contributed by atoms with E-state index in [1.54, 1.807) is 0 Å². The zero-order chi connectivity index (χ0) is 10.7. The highest BCUT2D eigenvalue weighted by molar-refractivity contribution is 4.95. The molecule has 2 rings (SSSR count). The average Bonchev–Trinajstić information content (AvgIpc) is 2.78. The maximum absolute atomic E-state index is 5.59. The van der Waals surface area contributed by atoms with Crippen molar-refractivity contribution in [3.63, 3.8) is 0 Å². The van der Waals surface area contributed by atoms with Gasteiger partial charge in [-0.1, -0.05) is 5.16 Å². The fourth-order valence-electron chi connectivity index (χ4n) is 1.62. The fraction of sp³-hybridized carbons (Fsp3) is 0.800. The maximum atomic E-state index is 5.59. The quantitative estimate of drug-likeness (QED) is 0.822. The first-order chi connectivity index (χ1) is 7.31. The van der Waals surface area contributed by atoms with E-state index in [4.69, 9.17) is 9.26 Å². The van der Waals surface area contributed by atoms with Gasteiger partial charge in [0.05, 0.1) is 6.04 Å². The van der Waals surface area contributed by atoms with Crippen LogP contribution in [0.1, 0.15) is 50.0 Å². The van der Waals surface area contributed by atoms with Gasteiger partial charge in [-0.3, -0.25) is 0 Å². The van der Waals surface area contributed by atoms with Gasteiger partial charge in [-0.05, 0) is 33.2 Å². The summed E-state index contributed by atoms with van der Waals surface area (Å²) in [4.78, 5) is 4.34. The van der Waals surface area contributed by atoms with Gasteiger partial charge in [-0.15, -0.1) is 0 Å². The van der Waals surface area contributed by atoms with Crippen LogP contribution in [0.25, 0.3) is 0 Å². The normalized spacial score (nSPS) is 24.0. The van der Waals surface area contributed by atoms with Gasteiger partial charge in [0, 0.05) is 6.61 Å². The van der Waals surface area contributed by atoms with Crippen LogP contribution in [0, 0.1) is 0 Å². The van der Waals surface area contributed by atoms with E-state index in [0.29, 0.717) is 11.7 Å². The Morgan fingerprint density at radius 2 is 2.33 bits per heavy atom. The van der Waals surface area contributed by atoms with Gasteiger partial charge in [-0.25, -0.2) is 0 Å². The van der Waals surface area contributed by atoms with E-state index in [9.17, 15) is 0 Å². The highest BCUT2D eigenvalue weighted by Crippen LogP contribution is 2.26. The molecule has 15 heavy (non-hydrogen) atoms. The van der Waals surface area contributed by atoms with Crippen molar-refractivity contribution >= 4 is 0 Å². The minimum absolute atomic E-state index is 0.0281. The molecule has 2 atom stereocenters. The van der Waals surface area contributed by atoms with Crippen molar-refractivity contribution in [1.82, 2.24) is 15.5 Å². The predicted octanol–water partition coefficient (Wildman–Crippen LogP) is 1.59. The van der Waals surface area contributed by atoms with Crippen LogP contribution in [0.3, 0.4) is 0 Å². The first-order valence-corrected chi connectivity index (χ1v) is 5.43. The van der Waals surface area contributed by atoms with Crippen molar-refractivity contribution in [2.24, 2.45) is 0 Å². The lowest BCUT2D eigenvalue weighted by atomic mass is 10.1. The Morgan fingerprint density at radius 3 is 3.00 bits per heavy atom. The minimum Gasteiger partial charge on any atom is -0.370 e. The van der Waals surface area contributed by atoms with Crippen LogP contribution in [-0.2, 0) is 4.74 Å². The molecule has 1 aliphatic rings. The van der Waals surface area contributed by atoms with E-state index in [1.807, 2.05) is 14.0 Å². The number of hydrogen-bond donors (Lipinski definition) is 1. The Balaban J connectivity index is 2.05. The van der Waals surface area contributed by atoms with Gasteiger partial charge < -0.3 is 14.6 Å². The lowest BCUT2D eigenvalue weighted by molar-refractivity contribution is 0.00821. The molecule has 0 saturated carbocycles. The van der Waals surface area contributed by atoms with Crippen LogP contribution < -0.4 is 5.32 Å². The summed E-state index contributed by atoms with van der Waals surface area (Å²) in [5.74, 6) is 1.31. The Hall–Kier alpha value is -0.940. The van der Waals surface area contributed by atoms with Gasteiger partial charge >= 0.3 is 0 Å². The third-order valence-corrected chi connectivity index (χ3v) is 2.73. The Kier molecular flexibility index (Phi) is 3.33. The van der Waals surface area contributed by atoms with Gasteiger partial charge in [0.25, 0.3) is 0 Å². The van der Waals surface area contributed by atoms with Crippen LogP contribution in [0.15, 0.2) is 4.52 Å². The highest BCUT2D eigenvalue weighted by atomic mass is 16.5. The van der Waals surface area contributed by atoms with Crippen LogP contribution in [0.5, 0.6) is 0 Å². The topological polar surface area (TPSA) is 60.2 Å². The standard InChI is InChI=1S/C10H17N3O2/c1-7(11-2)10-12-9(13-15-10)8-5-3-4-6-14-8/h7-8,11H,3-6H2,1-2H3. The van der Waals surface area contributed by atoms with Crippen molar-refractivity contribution in [3.05, 3.63) is 11.7 Å². The number of nitrogens with zero attached hydrogens (tertiary/aromatic N) is 2. The largest absolute Gasteiger partial charge is 0.370 e. The second-order valence-corrected chi connectivity index (χ2v) is 3.86. The average molecular weight is 211 g/mol. The number of rotatable bonds is 3. The van der Waals surface area contributed by atoms with Gasteiger partial charge in [0.2, 0.25) is 11.7 Å². The number of hydrogen-bond acceptors (Lipinski definition) is 5. The van der Waals surface area contributed by atoms with E-state index in [2.05, 4.69) is 15.5 Å². The second kappa shape index (κ2) is 4.72. The monoisotopic (exact) mass is 211 g/mol. The molecule has 1 aromatic rings. The molecule has 2 unspecified atom stereocenters. The zero-order valence-electron chi connectivity index (χ0n) is 9.19. The summed E-state index contributed by atoms with van der Waals surface area (Å²) in [5, 5.41) is 7.02. The number of nitrogens with one attached hydrogen (secondary N) is 1. The van der Waals surface area contributed by atoms with E-state index in [1.165, 1.54) is 6.42 Å². The molecule has 1 saturated heterocycles. The molecule has 84 valence electrons. The molecule has 1 fully saturated rings. The Labute approximate surface area is 89.2 Å². The molecule has 0 aromatic carbocycles. The lowest BCUT2D eigenvalue weighted by Crippen LogP contribution is -2.14. The molecule has 0 amide bonds. The second-order valence-electron chi connectivity index (χ2n) is 3.86. The van der Waals surface area contributed by atoms with Crippen molar-refractivity contribution in [2.75, 3.05) is 13.7 Å². The minimum atomic E-state index is 0.0281. The molecular formula is C10H17N3O2. The third-order valence-electron chi connectivity index (χ3n) is 2.73. The summed E-state index contributed by atoms with van der Waals surface area (Å²) in [6, 6.07) is 0.0924. The van der Waals surface area contributed by atoms with Crippen LogP contribution in [0.4, 0.5) is 0 Å². The van der Waals surface area contributed by atoms with Gasteiger partial charge in [-0.2, -0.15) is 4.98 Å². The summed E-state index contributed by atoms with van der Waals surface area (Å²) >= 11 is 0. The summed E-state index contributed by atoms with van der Waals surface area (Å²) < 4.78 is 10.8. The molecular weight excluding hydrogens is 194 g/mol. The summed E-state index contributed by atoms with van der Waals surface area (Å²) in [5.41, 5.74) is 0. The van der Waals surface area contributed by atoms with Crippen molar-refractivity contribution < 1.29 is 9.26 Å². The van der Waals surface area contributed by atoms with Crippen LogP contribution in [-0.4, -0.2) is 23.8 Å². The van der Waals surface area contributed by atoms with E-state index in [-0.39, 0.29) is 12.1 Å². The molecule has 5 nitrogen and oxygen atoms in total. The molecule has 5 heteroatoms. The first kappa shape index (κ1) is 10.6. The zero-order valence-corrected chi connectivity index (χ0v) is 9.19. The fourth-order valence-corrected chi connectivity index (χ4v) is 1.62. The van der Waals surface area contributed by atoms with Crippen LogP contribution >= 0.6 is 0 Å². The van der Waals surface area contributed by atoms with Gasteiger partial charge in [0.15, 0.2) is 0 Å². The SMILES string of the molecule is CNC(C)c1nc(C2CCCCO2)no1. The molecule has 1 aromatic heterocycles. The summed E-state index contributed by atoms with van der Waals surface area (Å²) in [6.45, 7) is 2.79. The van der Waals surface area contributed by atoms with Crippen molar-refractivity contribution in [1.29, 1.82) is 0 Å². The molecule has 0 bridgehead atoms. The Bertz CT molecular complexity index is 307.